The SMILES string of the molecule is Nc1cccc(-c2nc(-c3ccc(Cl)c(CO)c3)cc(C3CNCCO3)n2)c1. The zero-order chi connectivity index (χ0) is 19.5. The number of aliphatic hydroxyl groups is 1. The van der Waals surface area contributed by atoms with E-state index in [0.717, 1.165) is 29.1 Å². The molecule has 1 saturated heterocycles. The Morgan fingerprint density at radius 2 is 2.04 bits per heavy atom. The maximum atomic E-state index is 9.55. The predicted molar refractivity (Wildman–Crippen MR) is 110 cm³/mol. The van der Waals surface area contributed by atoms with E-state index in [-0.39, 0.29) is 12.7 Å². The minimum absolute atomic E-state index is 0.137. The number of ether oxygens (including phenoxy) is 1. The molecule has 1 aromatic heterocycles. The summed E-state index contributed by atoms with van der Waals surface area (Å²) in [6.45, 7) is 2.01. The van der Waals surface area contributed by atoms with Crippen molar-refractivity contribution in [2.75, 3.05) is 25.4 Å². The second kappa shape index (κ2) is 8.24. The van der Waals surface area contributed by atoms with Gasteiger partial charge in [-0.25, -0.2) is 9.97 Å². The molecule has 28 heavy (non-hydrogen) atoms. The maximum Gasteiger partial charge on any atom is 0.160 e. The zero-order valence-corrected chi connectivity index (χ0v) is 16.0. The average molecular weight is 397 g/mol. The van der Waals surface area contributed by atoms with E-state index in [0.29, 0.717) is 35.2 Å². The van der Waals surface area contributed by atoms with Gasteiger partial charge < -0.3 is 20.9 Å². The number of aromatic nitrogens is 2. The Morgan fingerprint density at radius 1 is 1.14 bits per heavy atom. The quantitative estimate of drug-likeness (QED) is 0.586. The summed E-state index contributed by atoms with van der Waals surface area (Å²) in [6.07, 6.45) is -0.153. The highest BCUT2D eigenvalue weighted by atomic mass is 35.5. The van der Waals surface area contributed by atoms with Crippen LogP contribution in [0.15, 0.2) is 48.5 Å². The average Bonchev–Trinajstić information content (AvgIpc) is 2.74. The van der Waals surface area contributed by atoms with E-state index in [9.17, 15) is 5.11 Å². The number of nitrogens with zero attached hydrogens (tertiary/aromatic N) is 2. The lowest BCUT2D eigenvalue weighted by atomic mass is 10.1. The predicted octanol–water partition coefficient (Wildman–Crippen LogP) is 3.20. The van der Waals surface area contributed by atoms with Crippen LogP contribution in [-0.4, -0.2) is 34.8 Å². The summed E-state index contributed by atoms with van der Waals surface area (Å²) in [7, 11) is 0. The van der Waals surface area contributed by atoms with Gasteiger partial charge in [-0.15, -0.1) is 0 Å². The largest absolute Gasteiger partial charge is 0.399 e. The van der Waals surface area contributed by atoms with Crippen molar-refractivity contribution in [3.63, 3.8) is 0 Å². The summed E-state index contributed by atoms with van der Waals surface area (Å²) in [6, 6.07) is 14.9. The third-order valence-corrected chi connectivity index (χ3v) is 5.03. The van der Waals surface area contributed by atoms with Gasteiger partial charge in [0.2, 0.25) is 0 Å². The van der Waals surface area contributed by atoms with Crippen LogP contribution in [0.3, 0.4) is 0 Å². The zero-order valence-electron chi connectivity index (χ0n) is 15.2. The molecule has 1 aliphatic heterocycles. The van der Waals surface area contributed by atoms with Gasteiger partial charge in [0, 0.05) is 34.9 Å². The lowest BCUT2D eigenvalue weighted by molar-refractivity contribution is 0.0250. The number of aliphatic hydroxyl groups excluding tert-OH is 1. The topological polar surface area (TPSA) is 93.3 Å². The number of benzene rings is 2. The van der Waals surface area contributed by atoms with Gasteiger partial charge in [0.25, 0.3) is 0 Å². The number of nitrogen functional groups attached to an aromatic ring is 1. The molecule has 3 aromatic rings. The summed E-state index contributed by atoms with van der Waals surface area (Å²) in [4.78, 5) is 9.49. The van der Waals surface area contributed by atoms with Gasteiger partial charge in [-0.05, 0) is 35.9 Å². The third-order valence-electron chi connectivity index (χ3n) is 4.66. The van der Waals surface area contributed by atoms with Gasteiger partial charge in [-0.2, -0.15) is 0 Å². The van der Waals surface area contributed by atoms with E-state index in [1.807, 2.05) is 42.5 Å². The van der Waals surface area contributed by atoms with Crippen molar-refractivity contribution in [2.45, 2.75) is 12.7 Å². The molecule has 7 heteroatoms. The van der Waals surface area contributed by atoms with E-state index < -0.39 is 0 Å². The second-order valence-electron chi connectivity index (χ2n) is 6.65. The Balaban J connectivity index is 1.84. The molecule has 0 amide bonds. The van der Waals surface area contributed by atoms with Crippen molar-refractivity contribution in [1.29, 1.82) is 0 Å². The number of nitrogens with two attached hydrogens (primary N) is 1. The molecule has 1 fully saturated rings. The van der Waals surface area contributed by atoms with E-state index in [1.54, 1.807) is 6.07 Å². The van der Waals surface area contributed by atoms with Crippen molar-refractivity contribution < 1.29 is 9.84 Å². The van der Waals surface area contributed by atoms with Gasteiger partial charge in [0.05, 0.1) is 24.6 Å². The van der Waals surface area contributed by atoms with Gasteiger partial charge in [0.15, 0.2) is 5.82 Å². The molecular weight excluding hydrogens is 376 g/mol. The van der Waals surface area contributed by atoms with Crippen molar-refractivity contribution in [3.8, 4) is 22.6 Å². The van der Waals surface area contributed by atoms with Crippen LogP contribution in [0.2, 0.25) is 5.02 Å². The lowest BCUT2D eigenvalue weighted by Gasteiger charge is -2.24. The summed E-state index contributed by atoms with van der Waals surface area (Å²) < 4.78 is 5.89. The molecule has 2 heterocycles. The van der Waals surface area contributed by atoms with Gasteiger partial charge in [-0.3, -0.25) is 0 Å². The molecule has 0 aliphatic carbocycles. The molecular formula is C21H21ClN4O2. The smallest absolute Gasteiger partial charge is 0.160 e. The Labute approximate surface area is 168 Å². The fourth-order valence-electron chi connectivity index (χ4n) is 3.20. The van der Waals surface area contributed by atoms with Gasteiger partial charge in [0.1, 0.15) is 6.10 Å². The fraction of sp³-hybridized carbons (Fsp3) is 0.238. The number of rotatable bonds is 4. The summed E-state index contributed by atoms with van der Waals surface area (Å²) in [5.41, 5.74) is 10.5. The summed E-state index contributed by atoms with van der Waals surface area (Å²) in [5, 5.41) is 13.4. The first kappa shape index (κ1) is 18.8. The molecule has 0 saturated carbocycles. The van der Waals surface area contributed by atoms with Crippen molar-refractivity contribution in [1.82, 2.24) is 15.3 Å². The first-order valence-corrected chi connectivity index (χ1v) is 9.48. The van der Waals surface area contributed by atoms with E-state index in [1.165, 1.54) is 0 Å². The highest BCUT2D eigenvalue weighted by Crippen LogP contribution is 2.29. The third kappa shape index (κ3) is 4.00. The highest BCUT2D eigenvalue weighted by molar-refractivity contribution is 6.31. The molecule has 4 rings (SSSR count). The van der Waals surface area contributed by atoms with E-state index in [4.69, 9.17) is 32.0 Å². The van der Waals surface area contributed by atoms with Gasteiger partial charge in [-0.1, -0.05) is 29.8 Å². The summed E-state index contributed by atoms with van der Waals surface area (Å²) >= 11 is 6.15. The van der Waals surface area contributed by atoms with Crippen LogP contribution in [0.1, 0.15) is 17.4 Å². The molecule has 1 atom stereocenters. The number of hydrogen-bond acceptors (Lipinski definition) is 6. The standard InChI is InChI=1S/C21H21ClN4O2/c22-17-5-4-13(8-15(17)12-27)18-10-19(20-11-24-6-7-28-20)26-21(25-18)14-2-1-3-16(23)9-14/h1-5,8-10,20,24,27H,6-7,11-12,23H2. The fourth-order valence-corrected chi connectivity index (χ4v) is 3.37. The molecule has 1 unspecified atom stereocenters. The monoisotopic (exact) mass is 396 g/mol. The Morgan fingerprint density at radius 3 is 2.79 bits per heavy atom. The van der Waals surface area contributed by atoms with Crippen molar-refractivity contribution >= 4 is 17.3 Å². The molecule has 4 N–H and O–H groups in total. The summed E-state index contributed by atoms with van der Waals surface area (Å²) in [5.74, 6) is 0.578. The number of morpholine rings is 1. The van der Waals surface area contributed by atoms with Crippen LogP contribution in [0, 0.1) is 0 Å². The van der Waals surface area contributed by atoms with E-state index >= 15 is 0 Å². The number of halogens is 1. The number of anilines is 1. The lowest BCUT2D eigenvalue weighted by Crippen LogP contribution is -2.33. The normalized spacial score (nSPS) is 16.9. The molecule has 1 aliphatic rings. The molecule has 6 nitrogen and oxygen atoms in total. The van der Waals surface area contributed by atoms with Crippen LogP contribution in [0.25, 0.3) is 22.6 Å². The van der Waals surface area contributed by atoms with E-state index in [2.05, 4.69) is 5.32 Å². The van der Waals surface area contributed by atoms with Crippen molar-refractivity contribution in [2.24, 2.45) is 0 Å². The number of hydrogen-bond donors (Lipinski definition) is 3. The highest BCUT2D eigenvalue weighted by Gasteiger charge is 2.20. The van der Waals surface area contributed by atoms with Crippen LogP contribution in [0.5, 0.6) is 0 Å². The van der Waals surface area contributed by atoms with Crippen LogP contribution >= 0.6 is 11.6 Å². The first-order chi connectivity index (χ1) is 13.6. The second-order valence-corrected chi connectivity index (χ2v) is 7.06. The maximum absolute atomic E-state index is 9.55. The minimum atomic E-state index is -0.153. The van der Waals surface area contributed by atoms with Crippen LogP contribution in [-0.2, 0) is 11.3 Å². The van der Waals surface area contributed by atoms with Crippen molar-refractivity contribution in [3.05, 3.63) is 64.8 Å². The Bertz CT molecular complexity index is 990. The number of nitrogens with one attached hydrogen (secondary N) is 1. The van der Waals surface area contributed by atoms with Gasteiger partial charge >= 0.3 is 0 Å². The van der Waals surface area contributed by atoms with Crippen LogP contribution < -0.4 is 11.1 Å². The molecule has 144 valence electrons. The molecule has 0 radical (unpaired) electrons. The molecule has 0 spiro atoms. The van der Waals surface area contributed by atoms with Crippen LogP contribution in [0.4, 0.5) is 5.69 Å². The first-order valence-electron chi connectivity index (χ1n) is 9.11. The Kier molecular flexibility index (Phi) is 5.54. The minimum Gasteiger partial charge on any atom is -0.399 e. The molecule has 2 aromatic carbocycles. The Hall–Kier alpha value is -2.51. The molecule has 0 bridgehead atoms.